The molecule has 2 nitrogen and oxygen atoms in total. The Hall–Kier alpha value is -0.870. The Morgan fingerprint density at radius 3 is 2.75 bits per heavy atom. The number of nitrogens with one attached hydrogen (secondary N) is 1. The molecule has 2 rings (SSSR count). The zero-order chi connectivity index (χ0) is 11.7. The number of hydrogen-bond acceptors (Lipinski definition) is 2. The smallest absolute Gasteiger partial charge is 0.202 e. The van der Waals surface area contributed by atoms with E-state index in [4.69, 9.17) is 16.3 Å². The minimum atomic E-state index is -1.02. The Morgan fingerprint density at radius 2 is 2.19 bits per heavy atom. The average molecular weight is 248 g/mol. The van der Waals surface area contributed by atoms with Crippen LogP contribution in [0.1, 0.15) is 24.4 Å². The molecule has 16 heavy (non-hydrogen) atoms. The summed E-state index contributed by atoms with van der Waals surface area (Å²) in [5.41, 5.74) is 0.279. The Bertz CT molecular complexity index is 405. The molecule has 1 saturated heterocycles. The fourth-order valence-corrected chi connectivity index (χ4v) is 2.27. The van der Waals surface area contributed by atoms with Crippen LogP contribution in [-0.4, -0.2) is 13.7 Å². The number of methoxy groups -OCH3 is 1. The van der Waals surface area contributed by atoms with Gasteiger partial charge >= 0.3 is 0 Å². The highest BCUT2D eigenvalue weighted by Gasteiger charge is 2.25. The fraction of sp³-hybridized carbons (Fsp3) is 0.455. The van der Waals surface area contributed by atoms with Crippen molar-refractivity contribution in [3.63, 3.8) is 0 Å². The third kappa shape index (κ3) is 1.87. The molecule has 0 aromatic heterocycles. The molecular formula is C11H12ClF2NO. The van der Waals surface area contributed by atoms with E-state index in [9.17, 15) is 8.78 Å². The van der Waals surface area contributed by atoms with Gasteiger partial charge in [0.25, 0.3) is 0 Å². The van der Waals surface area contributed by atoms with Gasteiger partial charge in [0.1, 0.15) is 0 Å². The molecule has 1 N–H and O–H groups in total. The maximum Gasteiger partial charge on any atom is 0.202 e. The molecule has 0 radical (unpaired) electrons. The number of rotatable bonds is 2. The van der Waals surface area contributed by atoms with Crippen LogP contribution in [-0.2, 0) is 0 Å². The van der Waals surface area contributed by atoms with Crippen LogP contribution in [0.25, 0.3) is 0 Å². The predicted molar refractivity (Wildman–Crippen MR) is 57.9 cm³/mol. The maximum absolute atomic E-state index is 13.7. The van der Waals surface area contributed by atoms with Crippen molar-refractivity contribution >= 4 is 11.6 Å². The second-order valence-corrected chi connectivity index (χ2v) is 4.16. The largest absolute Gasteiger partial charge is 0.492 e. The van der Waals surface area contributed by atoms with Crippen LogP contribution in [0.2, 0.25) is 5.02 Å². The van der Waals surface area contributed by atoms with E-state index in [1.54, 1.807) is 0 Å². The van der Waals surface area contributed by atoms with Crippen LogP contribution >= 0.6 is 11.6 Å². The van der Waals surface area contributed by atoms with E-state index in [0.717, 1.165) is 19.4 Å². The molecule has 88 valence electrons. The molecule has 1 aliphatic heterocycles. The Labute approximate surface area is 97.5 Å². The zero-order valence-electron chi connectivity index (χ0n) is 8.82. The summed E-state index contributed by atoms with van der Waals surface area (Å²) in [6.45, 7) is 0.815. The van der Waals surface area contributed by atoms with Crippen LogP contribution in [0.3, 0.4) is 0 Å². The van der Waals surface area contributed by atoms with E-state index in [0.29, 0.717) is 0 Å². The van der Waals surface area contributed by atoms with Gasteiger partial charge in [0.15, 0.2) is 11.6 Å². The van der Waals surface area contributed by atoms with Crippen molar-refractivity contribution < 1.29 is 13.5 Å². The molecule has 1 atom stereocenters. The summed E-state index contributed by atoms with van der Waals surface area (Å²) in [4.78, 5) is 0. The molecule has 1 aromatic carbocycles. The van der Waals surface area contributed by atoms with Crippen molar-refractivity contribution in [1.29, 1.82) is 0 Å². The van der Waals surface area contributed by atoms with Gasteiger partial charge < -0.3 is 10.1 Å². The monoisotopic (exact) mass is 247 g/mol. The van der Waals surface area contributed by atoms with Crippen LogP contribution < -0.4 is 10.1 Å². The van der Waals surface area contributed by atoms with Crippen molar-refractivity contribution in [2.75, 3.05) is 13.7 Å². The van der Waals surface area contributed by atoms with E-state index in [1.165, 1.54) is 13.2 Å². The van der Waals surface area contributed by atoms with Gasteiger partial charge in [-0.3, -0.25) is 0 Å². The SMILES string of the molecule is COc1c(Cl)cc(C2CCCN2)c(F)c1F. The minimum Gasteiger partial charge on any atom is -0.492 e. The zero-order valence-corrected chi connectivity index (χ0v) is 9.57. The lowest BCUT2D eigenvalue weighted by molar-refractivity contribution is 0.368. The number of halogens is 3. The van der Waals surface area contributed by atoms with Crippen molar-refractivity contribution in [2.24, 2.45) is 0 Å². The fourth-order valence-electron chi connectivity index (χ4n) is 1.99. The molecular weight excluding hydrogens is 236 g/mol. The van der Waals surface area contributed by atoms with E-state index in [1.807, 2.05) is 0 Å². The van der Waals surface area contributed by atoms with Crippen LogP contribution in [0.5, 0.6) is 5.75 Å². The van der Waals surface area contributed by atoms with Crippen molar-refractivity contribution in [3.05, 3.63) is 28.3 Å². The lowest BCUT2D eigenvalue weighted by Crippen LogP contribution is -2.15. The molecule has 0 spiro atoms. The van der Waals surface area contributed by atoms with Gasteiger partial charge in [-0.25, -0.2) is 4.39 Å². The Balaban J connectivity index is 2.46. The molecule has 0 aliphatic carbocycles. The minimum absolute atomic E-state index is 0.102. The molecule has 1 aliphatic rings. The molecule has 0 saturated carbocycles. The molecule has 0 bridgehead atoms. The lowest BCUT2D eigenvalue weighted by Gasteiger charge is -2.14. The highest BCUT2D eigenvalue weighted by molar-refractivity contribution is 6.32. The van der Waals surface area contributed by atoms with Gasteiger partial charge in [-0.15, -0.1) is 0 Å². The van der Waals surface area contributed by atoms with Crippen LogP contribution in [0.4, 0.5) is 8.78 Å². The summed E-state index contributed by atoms with van der Waals surface area (Å²) in [6, 6.07) is 1.28. The summed E-state index contributed by atoms with van der Waals surface area (Å²) < 4.78 is 32.0. The molecule has 1 heterocycles. The second kappa shape index (κ2) is 4.55. The third-order valence-electron chi connectivity index (χ3n) is 2.78. The van der Waals surface area contributed by atoms with Crippen molar-refractivity contribution in [2.45, 2.75) is 18.9 Å². The molecule has 1 fully saturated rings. The topological polar surface area (TPSA) is 21.3 Å². The summed E-state index contributed by atoms with van der Waals surface area (Å²) in [6.07, 6.45) is 1.74. The number of hydrogen-bond donors (Lipinski definition) is 1. The van der Waals surface area contributed by atoms with Gasteiger partial charge in [0.05, 0.1) is 12.1 Å². The molecule has 1 aromatic rings. The third-order valence-corrected chi connectivity index (χ3v) is 3.07. The van der Waals surface area contributed by atoms with Gasteiger partial charge in [-0.2, -0.15) is 4.39 Å². The molecule has 0 amide bonds. The van der Waals surface area contributed by atoms with E-state index >= 15 is 0 Å². The number of benzene rings is 1. The highest BCUT2D eigenvalue weighted by atomic mass is 35.5. The predicted octanol–water partition coefficient (Wildman–Crippen LogP) is 3.05. The van der Waals surface area contributed by atoms with Gasteiger partial charge in [-0.1, -0.05) is 11.6 Å². The van der Waals surface area contributed by atoms with E-state index in [2.05, 4.69) is 5.32 Å². The number of ether oxygens (including phenoxy) is 1. The average Bonchev–Trinajstić information content (AvgIpc) is 2.77. The van der Waals surface area contributed by atoms with Gasteiger partial charge in [0.2, 0.25) is 5.82 Å². The summed E-state index contributed by atoms with van der Waals surface area (Å²) in [5.74, 6) is -2.12. The maximum atomic E-state index is 13.7. The molecule has 5 heteroatoms. The van der Waals surface area contributed by atoms with Gasteiger partial charge in [-0.05, 0) is 25.5 Å². The summed E-state index contributed by atoms with van der Waals surface area (Å²) >= 11 is 5.83. The quantitative estimate of drug-likeness (QED) is 0.811. The first-order valence-corrected chi connectivity index (χ1v) is 5.47. The summed E-state index contributed by atoms with van der Waals surface area (Å²) in [7, 11) is 1.26. The Morgan fingerprint density at radius 1 is 1.44 bits per heavy atom. The van der Waals surface area contributed by atoms with Crippen molar-refractivity contribution in [3.8, 4) is 5.75 Å². The standard InChI is InChI=1S/C11H12ClF2NO/c1-16-11-7(12)5-6(9(13)10(11)14)8-3-2-4-15-8/h5,8,15H,2-4H2,1H3. The van der Waals surface area contributed by atoms with Gasteiger partial charge in [0, 0.05) is 11.6 Å². The highest BCUT2D eigenvalue weighted by Crippen LogP contribution is 2.35. The second-order valence-electron chi connectivity index (χ2n) is 3.76. The van der Waals surface area contributed by atoms with Crippen LogP contribution in [0.15, 0.2) is 6.07 Å². The summed E-state index contributed by atoms with van der Waals surface area (Å²) in [5, 5.41) is 3.20. The Kier molecular flexibility index (Phi) is 3.30. The van der Waals surface area contributed by atoms with Crippen molar-refractivity contribution in [1.82, 2.24) is 5.32 Å². The normalized spacial score (nSPS) is 20.1. The first-order chi connectivity index (χ1) is 7.65. The first-order valence-electron chi connectivity index (χ1n) is 5.10. The van der Waals surface area contributed by atoms with E-state index < -0.39 is 11.6 Å². The lowest BCUT2D eigenvalue weighted by atomic mass is 10.0. The van der Waals surface area contributed by atoms with Crippen LogP contribution in [0, 0.1) is 11.6 Å². The first kappa shape index (κ1) is 11.6. The molecule has 1 unspecified atom stereocenters. The van der Waals surface area contributed by atoms with E-state index in [-0.39, 0.29) is 22.4 Å².